The quantitative estimate of drug-likeness (QED) is 0.541. The Bertz CT molecular complexity index is 952. The first-order valence-corrected chi connectivity index (χ1v) is 8.19. The molecular formula is C21H17NO3. The number of hydrogen-bond acceptors (Lipinski definition) is 3. The molecule has 1 saturated heterocycles. The fourth-order valence-corrected chi connectivity index (χ4v) is 3.34. The molecule has 0 saturated carbocycles. The molecule has 3 aromatic carbocycles. The molecule has 1 heterocycles. The average molecular weight is 331 g/mol. The van der Waals surface area contributed by atoms with Gasteiger partial charge < -0.3 is 4.74 Å². The number of carbonyl (C=O) groups excluding carboxylic acids is 2. The van der Waals surface area contributed by atoms with E-state index in [0.29, 0.717) is 0 Å². The highest BCUT2D eigenvalue weighted by atomic mass is 16.6. The molecule has 1 aliphatic rings. The number of hydrogen-bond donors (Lipinski definition) is 0. The largest absolute Gasteiger partial charge is 0.450 e. The molecule has 1 fully saturated rings. The molecule has 0 N–H and O–H groups in total. The maximum Gasteiger partial charge on any atom is 0.303 e. The van der Waals surface area contributed by atoms with Gasteiger partial charge in [-0.3, -0.25) is 14.5 Å². The molecule has 0 aromatic heterocycles. The summed E-state index contributed by atoms with van der Waals surface area (Å²) in [5.41, 5.74) is 1.75. The molecule has 0 aliphatic carbocycles. The summed E-state index contributed by atoms with van der Waals surface area (Å²) in [5.74, 6) is -0.642. The van der Waals surface area contributed by atoms with Gasteiger partial charge in [0.1, 0.15) is 6.04 Å². The van der Waals surface area contributed by atoms with E-state index in [-0.39, 0.29) is 11.9 Å². The van der Waals surface area contributed by atoms with Crippen LogP contribution in [-0.2, 0) is 14.3 Å². The van der Waals surface area contributed by atoms with Gasteiger partial charge in [0.25, 0.3) is 5.91 Å². The molecule has 25 heavy (non-hydrogen) atoms. The highest BCUT2D eigenvalue weighted by Gasteiger charge is 2.51. The maximum atomic E-state index is 12.7. The van der Waals surface area contributed by atoms with Gasteiger partial charge in [-0.1, -0.05) is 60.7 Å². The second-order valence-electron chi connectivity index (χ2n) is 6.13. The van der Waals surface area contributed by atoms with Crippen LogP contribution in [0, 0.1) is 0 Å². The third-order valence-corrected chi connectivity index (χ3v) is 4.49. The van der Waals surface area contributed by atoms with Crippen LogP contribution in [0.5, 0.6) is 0 Å². The molecule has 124 valence electrons. The van der Waals surface area contributed by atoms with Crippen molar-refractivity contribution in [1.82, 2.24) is 0 Å². The zero-order valence-corrected chi connectivity index (χ0v) is 13.8. The molecule has 3 aromatic rings. The van der Waals surface area contributed by atoms with E-state index in [0.717, 1.165) is 22.0 Å². The van der Waals surface area contributed by atoms with Gasteiger partial charge >= 0.3 is 5.97 Å². The van der Waals surface area contributed by atoms with Crippen molar-refractivity contribution in [3.63, 3.8) is 0 Å². The van der Waals surface area contributed by atoms with Crippen molar-refractivity contribution in [2.75, 3.05) is 4.90 Å². The monoisotopic (exact) mass is 331 g/mol. The normalized spacial score (nSPS) is 19.6. The molecule has 4 rings (SSSR count). The molecule has 0 radical (unpaired) electrons. The van der Waals surface area contributed by atoms with Crippen molar-refractivity contribution in [3.05, 3.63) is 78.4 Å². The van der Waals surface area contributed by atoms with Gasteiger partial charge in [0.05, 0.1) is 0 Å². The van der Waals surface area contributed by atoms with Crippen LogP contribution in [0.2, 0.25) is 0 Å². The third kappa shape index (κ3) is 2.66. The van der Waals surface area contributed by atoms with E-state index in [9.17, 15) is 9.59 Å². The Morgan fingerprint density at radius 2 is 1.60 bits per heavy atom. The Balaban J connectivity index is 1.75. The van der Waals surface area contributed by atoms with E-state index >= 15 is 0 Å². The number of nitrogens with zero attached hydrogens (tertiary/aromatic N) is 1. The van der Waals surface area contributed by atoms with Gasteiger partial charge in [0, 0.05) is 12.6 Å². The number of ether oxygens (including phenoxy) is 1. The zero-order chi connectivity index (χ0) is 17.4. The van der Waals surface area contributed by atoms with Crippen LogP contribution in [0.3, 0.4) is 0 Å². The number of carbonyl (C=O) groups is 2. The van der Waals surface area contributed by atoms with Crippen LogP contribution >= 0.6 is 0 Å². The minimum atomic E-state index is -0.772. The van der Waals surface area contributed by atoms with E-state index < -0.39 is 12.1 Å². The van der Waals surface area contributed by atoms with Crippen molar-refractivity contribution in [2.45, 2.75) is 19.1 Å². The topological polar surface area (TPSA) is 46.6 Å². The van der Waals surface area contributed by atoms with Crippen LogP contribution in [-0.4, -0.2) is 18.0 Å². The number of β-lactam (4-membered cyclic amide) rings is 1. The Morgan fingerprint density at radius 3 is 2.32 bits per heavy atom. The molecule has 2 atom stereocenters. The minimum Gasteiger partial charge on any atom is -0.450 e. The standard InChI is InChI=1S/C21H17NO3/c1-14(23)25-20-19(16-8-3-2-4-9-16)22(21(20)24)18-12-11-15-7-5-6-10-17(15)13-18/h2-13,19-20H,1H3/t19-,20+/m1/s1. The van der Waals surface area contributed by atoms with Gasteiger partial charge in [0.15, 0.2) is 0 Å². The first-order chi connectivity index (χ1) is 12.1. The van der Waals surface area contributed by atoms with E-state index in [1.54, 1.807) is 4.90 Å². The summed E-state index contributed by atoms with van der Waals surface area (Å²) in [4.78, 5) is 25.8. The molecule has 0 bridgehead atoms. The van der Waals surface area contributed by atoms with Crippen molar-refractivity contribution >= 4 is 28.3 Å². The molecule has 0 unspecified atom stereocenters. The smallest absolute Gasteiger partial charge is 0.303 e. The van der Waals surface area contributed by atoms with Crippen LogP contribution in [0.15, 0.2) is 72.8 Å². The number of benzene rings is 3. The Kier molecular flexibility index (Phi) is 3.73. The summed E-state index contributed by atoms with van der Waals surface area (Å²) in [6, 6.07) is 23.3. The Hall–Kier alpha value is -3.14. The number of fused-ring (bicyclic) bond motifs is 1. The zero-order valence-electron chi connectivity index (χ0n) is 13.8. The summed E-state index contributed by atoms with van der Waals surface area (Å²) < 4.78 is 5.27. The lowest BCUT2D eigenvalue weighted by Crippen LogP contribution is -2.60. The van der Waals surface area contributed by atoms with Crippen LogP contribution in [0.1, 0.15) is 18.5 Å². The fourth-order valence-electron chi connectivity index (χ4n) is 3.34. The lowest BCUT2D eigenvalue weighted by Gasteiger charge is -2.46. The first kappa shape index (κ1) is 15.4. The molecule has 0 spiro atoms. The van der Waals surface area contributed by atoms with Gasteiger partial charge in [0.2, 0.25) is 6.10 Å². The van der Waals surface area contributed by atoms with Crippen LogP contribution in [0.25, 0.3) is 10.8 Å². The number of esters is 1. The van der Waals surface area contributed by atoms with Crippen molar-refractivity contribution < 1.29 is 14.3 Å². The maximum absolute atomic E-state index is 12.7. The summed E-state index contributed by atoms with van der Waals surface area (Å²) in [6.07, 6.45) is -0.772. The van der Waals surface area contributed by atoms with Crippen LogP contribution < -0.4 is 4.90 Å². The molecule has 1 amide bonds. The van der Waals surface area contributed by atoms with Crippen molar-refractivity contribution in [2.24, 2.45) is 0 Å². The first-order valence-electron chi connectivity index (χ1n) is 8.19. The fraction of sp³-hybridized carbons (Fsp3) is 0.143. The molecular weight excluding hydrogens is 314 g/mol. The average Bonchev–Trinajstić information content (AvgIpc) is 2.64. The van der Waals surface area contributed by atoms with E-state index in [4.69, 9.17) is 4.74 Å². The van der Waals surface area contributed by atoms with Gasteiger partial charge in [-0.2, -0.15) is 0 Å². The summed E-state index contributed by atoms with van der Waals surface area (Å²) in [6.45, 7) is 1.33. The third-order valence-electron chi connectivity index (χ3n) is 4.49. The summed E-state index contributed by atoms with van der Waals surface area (Å²) in [7, 11) is 0. The second-order valence-corrected chi connectivity index (χ2v) is 6.13. The van der Waals surface area contributed by atoms with E-state index in [2.05, 4.69) is 0 Å². The van der Waals surface area contributed by atoms with Crippen molar-refractivity contribution in [3.8, 4) is 0 Å². The SMILES string of the molecule is CC(=O)O[C@@H]1C(=O)N(c2ccc3ccccc3c2)[C@@H]1c1ccccc1. The predicted molar refractivity (Wildman–Crippen MR) is 96.2 cm³/mol. The van der Waals surface area contributed by atoms with E-state index in [1.165, 1.54) is 6.92 Å². The van der Waals surface area contributed by atoms with Gasteiger partial charge in [-0.05, 0) is 28.5 Å². The molecule has 1 aliphatic heterocycles. The van der Waals surface area contributed by atoms with Gasteiger partial charge in [-0.25, -0.2) is 0 Å². The second kappa shape index (κ2) is 6.06. The minimum absolute atomic E-state index is 0.195. The highest BCUT2D eigenvalue weighted by molar-refractivity contribution is 6.07. The van der Waals surface area contributed by atoms with E-state index in [1.807, 2.05) is 72.8 Å². The number of amides is 1. The Morgan fingerprint density at radius 1 is 0.920 bits per heavy atom. The summed E-state index contributed by atoms with van der Waals surface area (Å²) >= 11 is 0. The molecule has 4 nitrogen and oxygen atoms in total. The van der Waals surface area contributed by atoms with Gasteiger partial charge in [-0.15, -0.1) is 0 Å². The highest BCUT2D eigenvalue weighted by Crippen LogP contribution is 2.41. The Labute approximate surface area is 145 Å². The van der Waals surface area contributed by atoms with Crippen molar-refractivity contribution in [1.29, 1.82) is 0 Å². The number of rotatable bonds is 3. The lowest BCUT2D eigenvalue weighted by atomic mass is 9.89. The number of anilines is 1. The predicted octanol–water partition coefficient (Wildman–Crippen LogP) is 3.86. The summed E-state index contributed by atoms with van der Waals surface area (Å²) in [5, 5.41) is 2.18. The van der Waals surface area contributed by atoms with Crippen LogP contribution in [0.4, 0.5) is 5.69 Å². The lowest BCUT2D eigenvalue weighted by molar-refractivity contribution is -0.160. The molecule has 4 heteroatoms.